The Labute approximate surface area is 93.7 Å². The number of nitrogens with one attached hydrogen (secondary N) is 1. The van der Waals surface area contributed by atoms with Gasteiger partial charge in [-0.25, -0.2) is 8.42 Å². The SMILES string of the molecule is C#Cc1ccc(NS(=O)(=O)CC(N)=O)cc1. The Bertz CT molecular complexity index is 526. The van der Waals surface area contributed by atoms with Crippen molar-refractivity contribution in [3.05, 3.63) is 29.8 Å². The van der Waals surface area contributed by atoms with Crippen molar-refractivity contribution in [2.45, 2.75) is 0 Å². The van der Waals surface area contributed by atoms with E-state index in [1.165, 1.54) is 12.1 Å². The van der Waals surface area contributed by atoms with Gasteiger partial charge >= 0.3 is 0 Å². The normalized spacial score (nSPS) is 10.4. The molecule has 0 radical (unpaired) electrons. The molecule has 0 unspecified atom stereocenters. The molecule has 0 aliphatic rings. The van der Waals surface area contributed by atoms with Gasteiger partial charge in [-0.3, -0.25) is 9.52 Å². The molecule has 0 aliphatic heterocycles. The van der Waals surface area contributed by atoms with Crippen LogP contribution < -0.4 is 10.5 Å². The molecule has 0 saturated carbocycles. The first-order chi connectivity index (χ1) is 7.43. The molecule has 0 atom stereocenters. The lowest BCUT2D eigenvalue weighted by atomic mass is 10.2. The average Bonchev–Trinajstić information content (AvgIpc) is 2.16. The van der Waals surface area contributed by atoms with Gasteiger partial charge in [0.05, 0.1) is 0 Å². The van der Waals surface area contributed by atoms with Gasteiger partial charge in [-0.15, -0.1) is 6.42 Å². The van der Waals surface area contributed by atoms with Crippen molar-refractivity contribution in [1.29, 1.82) is 0 Å². The maximum absolute atomic E-state index is 11.3. The van der Waals surface area contributed by atoms with Gasteiger partial charge in [0.2, 0.25) is 15.9 Å². The summed E-state index contributed by atoms with van der Waals surface area (Å²) in [5.41, 5.74) is 5.76. The van der Waals surface area contributed by atoms with E-state index in [9.17, 15) is 13.2 Å². The number of anilines is 1. The van der Waals surface area contributed by atoms with Crippen LogP contribution in [0.3, 0.4) is 0 Å². The minimum atomic E-state index is -3.73. The van der Waals surface area contributed by atoms with E-state index in [-0.39, 0.29) is 0 Å². The fourth-order valence-corrected chi connectivity index (χ4v) is 1.98. The van der Waals surface area contributed by atoms with Crippen LogP contribution in [-0.2, 0) is 14.8 Å². The van der Waals surface area contributed by atoms with Gasteiger partial charge in [0.1, 0.15) is 5.75 Å². The molecule has 0 saturated heterocycles. The summed E-state index contributed by atoms with van der Waals surface area (Å²) in [7, 11) is -3.73. The Morgan fingerprint density at radius 1 is 1.38 bits per heavy atom. The Balaban J connectivity index is 2.81. The molecule has 1 amide bonds. The Hall–Kier alpha value is -2.00. The van der Waals surface area contributed by atoms with Gasteiger partial charge in [-0.05, 0) is 24.3 Å². The van der Waals surface area contributed by atoms with Crippen LogP contribution in [0.4, 0.5) is 5.69 Å². The third kappa shape index (κ3) is 3.63. The molecule has 0 fully saturated rings. The molecule has 16 heavy (non-hydrogen) atoms. The number of benzene rings is 1. The average molecular weight is 238 g/mol. The number of primary amides is 1. The zero-order valence-electron chi connectivity index (χ0n) is 8.30. The summed E-state index contributed by atoms with van der Waals surface area (Å²) in [5.74, 6) is 0.742. The molecule has 0 heterocycles. The summed E-state index contributed by atoms with van der Waals surface area (Å²) in [6.45, 7) is 0. The van der Waals surface area contributed by atoms with E-state index in [1.54, 1.807) is 12.1 Å². The number of nitrogens with two attached hydrogens (primary N) is 1. The van der Waals surface area contributed by atoms with E-state index >= 15 is 0 Å². The minimum Gasteiger partial charge on any atom is -0.369 e. The highest BCUT2D eigenvalue weighted by Gasteiger charge is 2.13. The predicted molar refractivity (Wildman–Crippen MR) is 61.0 cm³/mol. The summed E-state index contributed by atoms with van der Waals surface area (Å²) < 4.78 is 24.8. The smallest absolute Gasteiger partial charge is 0.241 e. The Morgan fingerprint density at radius 3 is 2.38 bits per heavy atom. The quantitative estimate of drug-likeness (QED) is 0.717. The van der Waals surface area contributed by atoms with Crippen molar-refractivity contribution in [2.24, 2.45) is 5.73 Å². The predicted octanol–water partition coefficient (Wildman–Crippen LogP) is -0.105. The number of carbonyl (C=O) groups excluding carboxylic acids is 1. The highest BCUT2D eigenvalue weighted by atomic mass is 32.2. The molecule has 1 aromatic carbocycles. The Kier molecular flexibility index (Phi) is 3.53. The molecule has 0 aliphatic carbocycles. The Morgan fingerprint density at radius 2 is 1.94 bits per heavy atom. The minimum absolute atomic E-state index is 0.334. The number of sulfonamides is 1. The van der Waals surface area contributed by atoms with E-state index in [2.05, 4.69) is 10.6 Å². The van der Waals surface area contributed by atoms with Crippen LogP contribution in [0.2, 0.25) is 0 Å². The molecule has 5 nitrogen and oxygen atoms in total. The van der Waals surface area contributed by atoms with Crippen molar-refractivity contribution in [3.8, 4) is 12.3 Å². The van der Waals surface area contributed by atoms with Crippen molar-refractivity contribution in [3.63, 3.8) is 0 Å². The first-order valence-electron chi connectivity index (χ1n) is 4.28. The van der Waals surface area contributed by atoms with Gasteiger partial charge < -0.3 is 5.73 Å². The summed E-state index contributed by atoms with van der Waals surface area (Å²) in [6, 6.07) is 6.19. The molecule has 1 rings (SSSR count). The summed E-state index contributed by atoms with van der Waals surface area (Å²) >= 11 is 0. The third-order valence-electron chi connectivity index (χ3n) is 1.66. The van der Waals surface area contributed by atoms with E-state index in [0.717, 1.165) is 0 Å². The lowest BCUT2D eigenvalue weighted by molar-refractivity contribution is -0.115. The van der Waals surface area contributed by atoms with Gasteiger partial charge in [0, 0.05) is 11.3 Å². The van der Waals surface area contributed by atoms with Gasteiger partial charge in [0.25, 0.3) is 0 Å². The number of carbonyl (C=O) groups is 1. The van der Waals surface area contributed by atoms with Gasteiger partial charge in [-0.1, -0.05) is 5.92 Å². The van der Waals surface area contributed by atoms with Crippen molar-refractivity contribution < 1.29 is 13.2 Å². The molecule has 0 bridgehead atoms. The molecule has 84 valence electrons. The van der Waals surface area contributed by atoms with Crippen LogP contribution >= 0.6 is 0 Å². The van der Waals surface area contributed by atoms with Crippen LogP contribution in [0.5, 0.6) is 0 Å². The summed E-state index contributed by atoms with van der Waals surface area (Å²) in [4.78, 5) is 10.5. The van der Waals surface area contributed by atoms with E-state index in [4.69, 9.17) is 12.2 Å². The topological polar surface area (TPSA) is 89.3 Å². The van der Waals surface area contributed by atoms with Crippen LogP contribution in [0.1, 0.15) is 5.56 Å². The second kappa shape index (κ2) is 4.68. The number of amides is 1. The standard InChI is InChI=1S/C10H10N2O3S/c1-2-8-3-5-9(6-4-8)12-16(14,15)7-10(11)13/h1,3-6,12H,7H2,(H2,11,13). The van der Waals surface area contributed by atoms with Gasteiger partial charge in [-0.2, -0.15) is 0 Å². The second-order valence-corrected chi connectivity index (χ2v) is 4.77. The molecule has 0 aromatic heterocycles. The fourth-order valence-electron chi connectivity index (χ4n) is 1.04. The largest absolute Gasteiger partial charge is 0.369 e. The first kappa shape index (κ1) is 12.1. The molecule has 6 heteroatoms. The number of rotatable bonds is 4. The van der Waals surface area contributed by atoms with Crippen LogP contribution in [0.25, 0.3) is 0 Å². The van der Waals surface area contributed by atoms with Crippen molar-refractivity contribution in [2.75, 3.05) is 10.5 Å². The van der Waals surface area contributed by atoms with E-state index in [1.807, 2.05) is 0 Å². The number of hydrogen-bond donors (Lipinski definition) is 2. The fraction of sp³-hybridized carbons (Fsp3) is 0.100. The highest BCUT2D eigenvalue weighted by molar-refractivity contribution is 7.93. The maximum atomic E-state index is 11.3. The van der Waals surface area contributed by atoms with Crippen LogP contribution in [-0.4, -0.2) is 20.1 Å². The summed E-state index contributed by atoms with van der Waals surface area (Å²) in [5, 5.41) is 0. The zero-order valence-corrected chi connectivity index (χ0v) is 9.12. The van der Waals surface area contributed by atoms with Crippen molar-refractivity contribution in [1.82, 2.24) is 0 Å². The maximum Gasteiger partial charge on any atom is 0.241 e. The number of terminal acetylenes is 1. The lowest BCUT2D eigenvalue weighted by Gasteiger charge is -2.05. The molecular weight excluding hydrogens is 228 g/mol. The van der Waals surface area contributed by atoms with E-state index < -0.39 is 21.7 Å². The van der Waals surface area contributed by atoms with E-state index in [0.29, 0.717) is 11.3 Å². The molecule has 0 spiro atoms. The summed E-state index contributed by atoms with van der Waals surface area (Å²) in [6.07, 6.45) is 5.14. The molecule has 1 aromatic rings. The monoisotopic (exact) mass is 238 g/mol. The second-order valence-electron chi connectivity index (χ2n) is 3.05. The lowest BCUT2D eigenvalue weighted by Crippen LogP contribution is -2.27. The van der Waals surface area contributed by atoms with Crippen LogP contribution in [0, 0.1) is 12.3 Å². The molecular formula is C10H10N2O3S. The third-order valence-corrected chi connectivity index (χ3v) is 2.87. The highest BCUT2D eigenvalue weighted by Crippen LogP contribution is 2.10. The number of hydrogen-bond acceptors (Lipinski definition) is 3. The first-order valence-corrected chi connectivity index (χ1v) is 5.93. The van der Waals surface area contributed by atoms with Gasteiger partial charge in [0.15, 0.2) is 0 Å². The van der Waals surface area contributed by atoms with Crippen LogP contribution in [0.15, 0.2) is 24.3 Å². The molecule has 3 N–H and O–H groups in total. The van der Waals surface area contributed by atoms with Crippen molar-refractivity contribution >= 4 is 21.6 Å². The zero-order chi connectivity index (χ0) is 12.2.